The van der Waals surface area contributed by atoms with E-state index in [0.717, 1.165) is 4.57 Å². The van der Waals surface area contributed by atoms with Crippen LogP contribution in [0.2, 0.25) is 0 Å². The molecule has 0 aromatic carbocycles. The number of aromatic amines is 1. The Morgan fingerprint density at radius 2 is 2.28 bits per heavy atom. The topological polar surface area (TPSA) is 109 Å². The first-order valence-corrected chi connectivity index (χ1v) is 9.77. The van der Waals surface area contributed by atoms with E-state index in [4.69, 9.17) is 29.9 Å². The summed E-state index contributed by atoms with van der Waals surface area (Å²) < 4.78 is 35.9. The van der Waals surface area contributed by atoms with Gasteiger partial charge in [-0.1, -0.05) is 6.92 Å². The Balaban J connectivity index is 1.88. The first-order valence-electron chi connectivity index (χ1n) is 7.93. The number of nitrogens with zero attached hydrogens (tertiary/aromatic N) is 1. The molecular formula is C14H20ClN2O7P. The molecule has 2 saturated heterocycles. The molecule has 2 aliphatic heterocycles. The zero-order chi connectivity index (χ0) is 18.4. The van der Waals surface area contributed by atoms with Crippen molar-refractivity contribution in [3.05, 3.63) is 33.1 Å². The average Bonchev–Trinajstić information content (AvgIpc) is 2.78. The van der Waals surface area contributed by atoms with Crippen molar-refractivity contribution in [2.45, 2.75) is 56.6 Å². The molecule has 2 aliphatic rings. The molecule has 1 N–H and O–H groups in total. The van der Waals surface area contributed by atoms with Crippen LogP contribution in [0.3, 0.4) is 0 Å². The van der Waals surface area contributed by atoms with Crippen molar-refractivity contribution in [1.29, 1.82) is 0 Å². The Bertz CT molecular complexity index is 807. The minimum atomic E-state index is -3.78. The molecule has 9 nitrogen and oxygen atoms in total. The first-order chi connectivity index (χ1) is 11.7. The number of alkyl halides is 1. The van der Waals surface area contributed by atoms with Gasteiger partial charge in [0.05, 0.1) is 12.7 Å². The summed E-state index contributed by atoms with van der Waals surface area (Å²) in [4.78, 5) is 24.2. The molecule has 3 heterocycles. The van der Waals surface area contributed by atoms with Gasteiger partial charge in [-0.25, -0.2) is 9.36 Å². The molecule has 0 amide bonds. The molecule has 0 saturated carbocycles. The van der Waals surface area contributed by atoms with Crippen LogP contribution in [-0.4, -0.2) is 39.3 Å². The molecule has 0 radical (unpaired) electrons. The maximum atomic E-state index is 12.7. The normalized spacial score (nSPS) is 39.1. The van der Waals surface area contributed by atoms with Crippen LogP contribution in [0.25, 0.3) is 0 Å². The van der Waals surface area contributed by atoms with Crippen molar-refractivity contribution in [3.63, 3.8) is 0 Å². The van der Waals surface area contributed by atoms with Crippen LogP contribution in [0.4, 0.5) is 0 Å². The van der Waals surface area contributed by atoms with E-state index < -0.39 is 42.4 Å². The van der Waals surface area contributed by atoms with Crippen LogP contribution in [0.5, 0.6) is 0 Å². The molecule has 1 aromatic heterocycles. The second kappa shape index (κ2) is 6.64. The van der Waals surface area contributed by atoms with Gasteiger partial charge in [0.25, 0.3) is 5.56 Å². The first kappa shape index (κ1) is 18.8. The van der Waals surface area contributed by atoms with Gasteiger partial charge < -0.3 is 4.74 Å². The Kier molecular flexibility index (Phi) is 5.00. The van der Waals surface area contributed by atoms with Gasteiger partial charge in [0.15, 0.2) is 6.23 Å². The van der Waals surface area contributed by atoms with Crippen molar-refractivity contribution in [3.8, 4) is 0 Å². The van der Waals surface area contributed by atoms with E-state index in [1.807, 2.05) is 6.92 Å². The van der Waals surface area contributed by atoms with Gasteiger partial charge in [0.1, 0.15) is 17.1 Å². The maximum absolute atomic E-state index is 12.7. The summed E-state index contributed by atoms with van der Waals surface area (Å²) >= 11 is 6.62. The van der Waals surface area contributed by atoms with Gasteiger partial charge >= 0.3 is 13.5 Å². The van der Waals surface area contributed by atoms with E-state index >= 15 is 0 Å². The number of nitrogens with one attached hydrogen (secondary N) is 1. The third-order valence-corrected chi connectivity index (χ3v) is 6.28. The van der Waals surface area contributed by atoms with E-state index in [0.29, 0.717) is 6.42 Å². The van der Waals surface area contributed by atoms with E-state index in [1.165, 1.54) is 12.3 Å². The Morgan fingerprint density at radius 3 is 2.92 bits per heavy atom. The SMILES string of the molecule is CCC(C)O[P@@]1(=O)OC[C@H]2O[C@@H](n3ccc(=O)[nH]c3=O)[C@](C)(Cl)[C@@H]2O1. The monoisotopic (exact) mass is 394 g/mol. The fourth-order valence-electron chi connectivity index (χ4n) is 2.81. The summed E-state index contributed by atoms with van der Waals surface area (Å²) in [6.45, 7) is 5.20. The van der Waals surface area contributed by atoms with Crippen LogP contribution >= 0.6 is 19.4 Å². The van der Waals surface area contributed by atoms with E-state index in [-0.39, 0.29) is 12.7 Å². The van der Waals surface area contributed by atoms with Gasteiger partial charge in [0.2, 0.25) is 0 Å². The lowest BCUT2D eigenvalue weighted by Gasteiger charge is -2.35. The predicted molar refractivity (Wildman–Crippen MR) is 88.8 cm³/mol. The molecule has 1 aromatic rings. The number of ether oxygens (including phenoxy) is 1. The summed E-state index contributed by atoms with van der Waals surface area (Å²) in [5, 5.41) is 0. The number of hydrogen-bond acceptors (Lipinski definition) is 7. The third kappa shape index (κ3) is 3.49. The summed E-state index contributed by atoms with van der Waals surface area (Å²) in [6, 6.07) is 1.19. The van der Waals surface area contributed by atoms with E-state index in [2.05, 4.69) is 4.98 Å². The number of aromatic nitrogens is 2. The molecule has 2 fully saturated rings. The quantitative estimate of drug-likeness (QED) is 0.612. The summed E-state index contributed by atoms with van der Waals surface area (Å²) in [5.41, 5.74) is -1.19. The average molecular weight is 395 g/mol. The van der Waals surface area contributed by atoms with Gasteiger partial charge in [-0.2, -0.15) is 0 Å². The van der Waals surface area contributed by atoms with E-state index in [1.54, 1.807) is 13.8 Å². The molecule has 25 heavy (non-hydrogen) atoms. The smallest absolute Gasteiger partial charge is 0.347 e. The molecule has 1 unspecified atom stereocenters. The van der Waals surface area contributed by atoms with Crippen LogP contribution in [0.15, 0.2) is 21.9 Å². The van der Waals surface area contributed by atoms with Gasteiger partial charge in [-0.05, 0) is 20.3 Å². The zero-order valence-electron chi connectivity index (χ0n) is 14.0. The lowest BCUT2D eigenvalue weighted by atomic mass is 10.0. The largest absolute Gasteiger partial charge is 0.475 e. The molecule has 0 bridgehead atoms. The van der Waals surface area contributed by atoms with Gasteiger partial charge in [0, 0.05) is 12.3 Å². The highest BCUT2D eigenvalue weighted by Crippen LogP contribution is 2.60. The van der Waals surface area contributed by atoms with Gasteiger partial charge in [-0.3, -0.25) is 27.9 Å². The number of rotatable bonds is 4. The second-order valence-electron chi connectivity index (χ2n) is 6.29. The van der Waals surface area contributed by atoms with Crippen LogP contribution in [0.1, 0.15) is 33.4 Å². The van der Waals surface area contributed by atoms with Gasteiger partial charge in [-0.15, -0.1) is 11.6 Å². The fourth-order valence-corrected chi connectivity index (χ4v) is 4.93. The zero-order valence-corrected chi connectivity index (χ0v) is 15.7. The predicted octanol–water partition coefficient (Wildman–Crippen LogP) is 1.77. The lowest BCUT2D eigenvalue weighted by molar-refractivity contribution is -0.0756. The molecular weight excluding hydrogens is 375 g/mol. The maximum Gasteiger partial charge on any atom is 0.475 e. The number of H-pyrrole nitrogens is 1. The van der Waals surface area contributed by atoms with Crippen molar-refractivity contribution in [1.82, 2.24) is 9.55 Å². The Hall–Kier alpha value is -0.960. The highest BCUT2D eigenvalue weighted by atomic mass is 35.5. The number of halogens is 1. The second-order valence-corrected chi connectivity index (χ2v) is 8.68. The van der Waals surface area contributed by atoms with E-state index in [9.17, 15) is 14.2 Å². The van der Waals surface area contributed by atoms with Crippen molar-refractivity contribution in [2.75, 3.05) is 6.61 Å². The van der Waals surface area contributed by atoms with Crippen LogP contribution < -0.4 is 11.2 Å². The Labute approximate surface area is 148 Å². The van der Waals surface area contributed by atoms with Crippen molar-refractivity contribution in [2.24, 2.45) is 0 Å². The number of fused-ring (bicyclic) bond motifs is 1. The molecule has 0 aliphatic carbocycles. The van der Waals surface area contributed by atoms with Crippen LogP contribution in [-0.2, 0) is 22.9 Å². The fraction of sp³-hybridized carbons (Fsp3) is 0.714. The highest BCUT2D eigenvalue weighted by molar-refractivity contribution is 7.48. The Morgan fingerprint density at radius 1 is 1.56 bits per heavy atom. The molecule has 0 spiro atoms. The molecule has 140 valence electrons. The third-order valence-electron chi connectivity index (χ3n) is 4.31. The standard InChI is InChI=1S/C14H20ClN2O7P/c1-4-8(2)23-25(20)21-7-9-11(24-25)14(3,15)12(22-9)17-6-5-10(18)16-13(17)19/h5-6,8-9,11-12H,4,7H2,1-3H3,(H,16,18,19)/t8?,9-,11-,12-,14-,25-/m1/s1. The van der Waals surface area contributed by atoms with Crippen molar-refractivity contribution < 1.29 is 22.9 Å². The number of phosphoric ester groups is 1. The summed E-state index contributed by atoms with van der Waals surface area (Å²) in [6.07, 6.45) is -0.777. The summed E-state index contributed by atoms with van der Waals surface area (Å²) in [7, 11) is -3.78. The number of phosphoric acid groups is 1. The minimum Gasteiger partial charge on any atom is -0.347 e. The molecule has 3 rings (SSSR count). The molecule has 11 heteroatoms. The van der Waals surface area contributed by atoms with Crippen molar-refractivity contribution >= 4 is 19.4 Å². The molecule has 6 atom stereocenters. The number of hydrogen-bond donors (Lipinski definition) is 1. The summed E-state index contributed by atoms with van der Waals surface area (Å²) in [5.74, 6) is 0. The van der Waals surface area contributed by atoms with Crippen LogP contribution in [0, 0.1) is 0 Å². The minimum absolute atomic E-state index is 0.0463. The lowest BCUT2D eigenvalue weighted by Crippen LogP contribution is -2.45. The highest BCUT2D eigenvalue weighted by Gasteiger charge is 2.60.